The van der Waals surface area contributed by atoms with E-state index in [1.54, 1.807) is 37.5 Å². The zero-order valence-electron chi connectivity index (χ0n) is 21.2. The van der Waals surface area contributed by atoms with Gasteiger partial charge in [-0.1, -0.05) is 24.3 Å². The zero-order chi connectivity index (χ0) is 26.9. The fourth-order valence-corrected chi connectivity index (χ4v) is 4.35. The number of benzene rings is 3. The van der Waals surface area contributed by atoms with E-state index in [0.717, 1.165) is 18.7 Å². The van der Waals surface area contributed by atoms with E-state index in [4.69, 9.17) is 4.74 Å². The normalized spacial score (nSPS) is 12.7. The first-order chi connectivity index (χ1) is 18.4. The number of non-ortho nitro benzene ring substituents is 1. The molecule has 2 N–H and O–H groups in total. The van der Waals surface area contributed by atoms with Gasteiger partial charge in [0.1, 0.15) is 0 Å². The van der Waals surface area contributed by atoms with E-state index in [9.17, 15) is 19.7 Å². The van der Waals surface area contributed by atoms with Crippen LogP contribution in [0, 0.1) is 10.1 Å². The van der Waals surface area contributed by atoms with Crippen LogP contribution in [-0.2, 0) is 22.5 Å². The smallest absolute Gasteiger partial charge is 0.269 e. The highest BCUT2D eigenvalue weighted by molar-refractivity contribution is 6.05. The summed E-state index contributed by atoms with van der Waals surface area (Å²) < 4.78 is 5.07. The van der Waals surface area contributed by atoms with Gasteiger partial charge >= 0.3 is 0 Å². The number of hydrogen-bond acceptors (Lipinski definition) is 6. The Balaban J connectivity index is 1.51. The van der Waals surface area contributed by atoms with Crippen molar-refractivity contribution in [2.45, 2.75) is 19.4 Å². The number of methoxy groups -OCH3 is 1. The number of hydrogen-bond donors (Lipinski definition) is 2. The van der Waals surface area contributed by atoms with Crippen LogP contribution in [-0.4, -0.2) is 43.5 Å². The van der Waals surface area contributed by atoms with Crippen molar-refractivity contribution in [2.24, 2.45) is 0 Å². The maximum absolute atomic E-state index is 13.2. The van der Waals surface area contributed by atoms with Gasteiger partial charge in [0.25, 0.3) is 11.6 Å². The van der Waals surface area contributed by atoms with Crippen molar-refractivity contribution in [3.05, 3.63) is 105 Å². The van der Waals surface area contributed by atoms with Gasteiger partial charge in [0.2, 0.25) is 5.91 Å². The minimum absolute atomic E-state index is 0.0167. The molecule has 0 saturated heterocycles. The molecular formula is C29H30N4O5. The number of ether oxygens (including phenoxy) is 1. The van der Waals surface area contributed by atoms with Crippen LogP contribution < -0.4 is 15.5 Å². The average molecular weight is 515 g/mol. The first-order valence-corrected chi connectivity index (χ1v) is 12.4. The summed E-state index contributed by atoms with van der Waals surface area (Å²) in [6.45, 7) is 2.51. The number of amides is 2. The Hall–Kier alpha value is -4.50. The SMILES string of the molecule is COCCCNC(=O)c1cc(NC(=O)C=Cc2ccc([N+](=O)[O-])cc2)ccc1N1CCc2ccccc2C1. The summed E-state index contributed by atoms with van der Waals surface area (Å²) in [7, 11) is 1.62. The standard InChI is InChI=1S/C29H30N4O5/c1-38-18-4-16-30-29(35)26-19-24(31-28(34)14-9-21-7-11-25(12-8-21)33(36)37)10-13-27(26)32-17-15-22-5-2-3-6-23(22)20-32/h2-3,5-14,19H,4,15-18,20H2,1H3,(H,30,35)(H,31,34). The van der Waals surface area contributed by atoms with Gasteiger partial charge in [0.15, 0.2) is 0 Å². The average Bonchev–Trinajstić information content (AvgIpc) is 2.94. The molecule has 4 rings (SSSR count). The number of carbonyl (C=O) groups is 2. The summed E-state index contributed by atoms with van der Waals surface area (Å²) in [4.78, 5) is 38.3. The topological polar surface area (TPSA) is 114 Å². The van der Waals surface area contributed by atoms with Gasteiger partial charge in [-0.25, -0.2) is 0 Å². The number of rotatable bonds is 10. The van der Waals surface area contributed by atoms with Crippen LogP contribution in [0.3, 0.4) is 0 Å². The number of carbonyl (C=O) groups excluding carboxylic acids is 2. The van der Waals surface area contributed by atoms with E-state index in [1.165, 1.54) is 29.3 Å². The highest BCUT2D eigenvalue weighted by atomic mass is 16.6. The molecule has 0 spiro atoms. The van der Waals surface area contributed by atoms with E-state index >= 15 is 0 Å². The van der Waals surface area contributed by atoms with E-state index in [0.29, 0.717) is 42.9 Å². The largest absolute Gasteiger partial charge is 0.385 e. The molecule has 1 heterocycles. The molecular weight excluding hydrogens is 484 g/mol. The molecule has 0 atom stereocenters. The predicted molar refractivity (Wildman–Crippen MR) is 147 cm³/mol. The lowest BCUT2D eigenvalue weighted by Crippen LogP contribution is -2.33. The summed E-state index contributed by atoms with van der Waals surface area (Å²) in [6, 6.07) is 19.6. The summed E-state index contributed by atoms with van der Waals surface area (Å²) in [5.74, 6) is -0.595. The minimum Gasteiger partial charge on any atom is -0.385 e. The molecule has 2 amide bonds. The molecule has 196 valence electrons. The number of anilines is 2. The van der Waals surface area contributed by atoms with Crippen LogP contribution in [0.2, 0.25) is 0 Å². The first-order valence-electron chi connectivity index (χ1n) is 12.4. The highest BCUT2D eigenvalue weighted by Crippen LogP contribution is 2.29. The Labute approximate surface area is 221 Å². The molecule has 0 unspecified atom stereocenters. The molecule has 1 aliphatic heterocycles. The molecule has 38 heavy (non-hydrogen) atoms. The van der Waals surface area contributed by atoms with Crippen molar-refractivity contribution in [1.29, 1.82) is 0 Å². The second-order valence-electron chi connectivity index (χ2n) is 8.95. The summed E-state index contributed by atoms with van der Waals surface area (Å²) in [5, 5.41) is 16.6. The Morgan fingerprint density at radius 2 is 1.84 bits per heavy atom. The molecule has 0 aliphatic carbocycles. The van der Waals surface area contributed by atoms with E-state index in [1.807, 2.05) is 18.2 Å². The van der Waals surface area contributed by atoms with Crippen molar-refractivity contribution >= 4 is 35.0 Å². The van der Waals surface area contributed by atoms with Gasteiger partial charge in [0.05, 0.1) is 10.5 Å². The molecule has 3 aromatic rings. The summed E-state index contributed by atoms with van der Waals surface area (Å²) >= 11 is 0. The van der Waals surface area contributed by atoms with Gasteiger partial charge in [-0.2, -0.15) is 0 Å². The molecule has 9 heteroatoms. The second-order valence-corrected chi connectivity index (χ2v) is 8.95. The minimum atomic E-state index is -0.474. The van der Waals surface area contributed by atoms with Gasteiger partial charge in [0, 0.05) is 62.9 Å². The highest BCUT2D eigenvalue weighted by Gasteiger charge is 2.22. The molecule has 0 radical (unpaired) electrons. The zero-order valence-corrected chi connectivity index (χ0v) is 21.2. The summed E-state index contributed by atoms with van der Waals surface area (Å²) in [5.41, 5.74) is 4.98. The van der Waals surface area contributed by atoms with Crippen molar-refractivity contribution in [3.63, 3.8) is 0 Å². The third-order valence-electron chi connectivity index (χ3n) is 6.32. The van der Waals surface area contributed by atoms with Gasteiger partial charge in [-0.15, -0.1) is 0 Å². The summed E-state index contributed by atoms with van der Waals surface area (Å²) in [6.07, 6.45) is 4.50. The molecule has 1 aliphatic rings. The quantitative estimate of drug-likeness (QED) is 0.177. The molecule has 3 aromatic carbocycles. The van der Waals surface area contributed by atoms with E-state index < -0.39 is 4.92 Å². The second kappa shape index (κ2) is 12.6. The van der Waals surface area contributed by atoms with Crippen LogP contribution in [0.1, 0.15) is 33.5 Å². The lowest BCUT2D eigenvalue weighted by Gasteiger charge is -2.32. The first kappa shape index (κ1) is 26.6. The van der Waals surface area contributed by atoms with Gasteiger partial charge < -0.3 is 20.3 Å². The lowest BCUT2D eigenvalue weighted by molar-refractivity contribution is -0.384. The Kier molecular flexibility index (Phi) is 8.84. The number of nitrogens with one attached hydrogen (secondary N) is 2. The lowest BCUT2D eigenvalue weighted by atomic mass is 9.98. The van der Waals surface area contributed by atoms with Crippen LogP contribution in [0.5, 0.6) is 0 Å². The fraction of sp³-hybridized carbons (Fsp3) is 0.241. The van der Waals surface area contributed by atoms with Crippen molar-refractivity contribution < 1.29 is 19.2 Å². The number of nitrogens with zero attached hydrogens (tertiary/aromatic N) is 2. The van der Waals surface area contributed by atoms with Crippen LogP contribution in [0.4, 0.5) is 17.1 Å². The number of nitro benzene ring substituents is 1. The maximum Gasteiger partial charge on any atom is 0.269 e. The Morgan fingerprint density at radius 1 is 1.08 bits per heavy atom. The number of fused-ring (bicyclic) bond motifs is 1. The fourth-order valence-electron chi connectivity index (χ4n) is 4.35. The molecule has 0 bridgehead atoms. The van der Waals surface area contributed by atoms with Crippen LogP contribution >= 0.6 is 0 Å². The third kappa shape index (κ3) is 6.83. The molecule has 0 aromatic heterocycles. The Morgan fingerprint density at radius 3 is 2.58 bits per heavy atom. The van der Waals surface area contributed by atoms with Gasteiger partial charge in [-0.05, 0) is 65.9 Å². The molecule has 9 nitrogen and oxygen atoms in total. The molecule has 0 saturated carbocycles. The van der Waals surface area contributed by atoms with Crippen LogP contribution in [0.15, 0.2) is 72.8 Å². The van der Waals surface area contributed by atoms with Crippen molar-refractivity contribution in [3.8, 4) is 0 Å². The van der Waals surface area contributed by atoms with Crippen molar-refractivity contribution in [2.75, 3.05) is 37.0 Å². The maximum atomic E-state index is 13.2. The van der Waals surface area contributed by atoms with Crippen LogP contribution in [0.25, 0.3) is 6.08 Å². The van der Waals surface area contributed by atoms with E-state index in [-0.39, 0.29) is 17.5 Å². The predicted octanol–water partition coefficient (Wildman–Crippen LogP) is 4.58. The van der Waals surface area contributed by atoms with Crippen molar-refractivity contribution in [1.82, 2.24) is 5.32 Å². The monoisotopic (exact) mass is 514 g/mol. The third-order valence-corrected chi connectivity index (χ3v) is 6.32. The molecule has 0 fully saturated rings. The Bertz CT molecular complexity index is 1340. The van der Waals surface area contributed by atoms with Gasteiger partial charge in [-0.3, -0.25) is 19.7 Å². The van der Waals surface area contributed by atoms with E-state index in [2.05, 4.69) is 27.7 Å². The number of nitro groups is 1.